The Morgan fingerprint density at radius 3 is 2.54 bits per heavy atom. The van der Waals surface area contributed by atoms with Crippen molar-refractivity contribution in [1.29, 1.82) is 0 Å². The van der Waals surface area contributed by atoms with Crippen molar-refractivity contribution in [3.05, 3.63) is 65.2 Å². The summed E-state index contributed by atoms with van der Waals surface area (Å²) in [5, 5.41) is 8.90. The Morgan fingerprint density at radius 2 is 1.88 bits per heavy atom. The average Bonchev–Trinajstić information content (AvgIpc) is 3.00. The number of carbonyl (C=O) groups excluding carboxylic acids is 1. The number of hydrogen-bond acceptors (Lipinski definition) is 5. The minimum atomic E-state index is -0.468. The molecule has 0 fully saturated rings. The highest BCUT2D eigenvalue weighted by Crippen LogP contribution is 2.36. The van der Waals surface area contributed by atoms with E-state index in [0.717, 1.165) is 11.1 Å². The van der Waals surface area contributed by atoms with Crippen LogP contribution in [-0.2, 0) is 4.79 Å². The molecule has 0 aliphatic carbocycles. The van der Waals surface area contributed by atoms with Crippen molar-refractivity contribution in [3.63, 3.8) is 0 Å². The van der Waals surface area contributed by atoms with Crippen LogP contribution in [0.25, 0.3) is 11.4 Å². The Balaban J connectivity index is 1.94. The molecule has 1 aromatic heterocycles. The molecule has 1 atom stereocenters. The maximum absolute atomic E-state index is 12.7. The smallest absolute Gasteiger partial charge is 0.240 e. The fraction of sp³-hybridized carbons (Fsp3) is 0.167. The van der Waals surface area contributed by atoms with Gasteiger partial charge in [0.25, 0.3) is 0 Å². The van der Waals surface area contributed by atoms with Gasteiger partial charge < -0.3 is 10.7 Å². The predicted molar refractivity (Wildman–Crippen MR) is 104 cm³/mol. The van der Waals surface area contributed by atoms with Gasteiger partial charge >= 0.3 is 0 Å². The third-order valence-corrected chi connectivity index (χ3v) is 5.17. The Bertz CT molecular complexity index is 913. The molecule has 8 heteroatoms. The molecular weight excluding hydrogens is 370 g/mol. The molecule has 26 heavy (non-hydrogen) atoms. The fourth-order valence-corrected chi connectivity index (χ4v) is 3.70. The molecule has 6 nitrogen and oxygen atoms in total. The quantitative estimate of drug-likeness (QED) is 0.537. The second kappa shape index (κ2) is 7.80. The lowest BCUT2D eigenvalue weighted by atomic mass is 10.1. The van der Waals surface area contributed by atoms with Crippen LogP contribution in [0.15, 0.2) is 59.8 Å². The summed E-state index contributed by atoms with van der Waals surface area (Å²) in [7, 11) is 3.45. The van der Waals surface area contributed by atoms with Crippen molar-refractivity contribution in [2.45, 2.75) is 10.4 Å². The number of hydrogen-bond donors (Lipinski definition) is 1. The number of nitrogens with zero attached hydrogens (tertiary/aromatic N) is 4. The molecule has 0 aliphatic heterocycles. The first-order valence-corrected chi connectivity index (χ1v) is 9.12. The van der Waals surface area contributed by atoms with Gasteiger partial charge in [-0.25, -0.2) is 4.68 Å². The van der Waals surface area contributed by atoms with Crippen LogP contribution in [-0.4, -0.2) is 39.8 Å². The normalized spacial score (nSPS) is 12.0. The van der Waals surface area contributed by atoms with Gasteiger partial charge in [-0.2, -0.15) is 0 Å². The number of carbonyl (C=O) groups is 1. The lowest BCUT2D eigenvalue weighted by Gasteiger charge is -2.20. The summed E-state index contributed by atoms with van der Waals surface area (Å²) in [6.45, 7) is 0. The number of halogens is 1. The number of rotatable bonds is 5. The van der Waals surface area contributed by atoms with Gasteiger partial charge in [0.15, 0.2) is 5.82 Å². The van der Waals surface area contributed by atoms with E-state index in [1.54, 1.807) is 31.1 Å². The Morgan fingerprint density at radius 1 is 1.15 bits per heavy atom. The van der Waals surface area contributed by atoms with Crippen LogP contribution in [0.1, 0.15) is 10.8 Å². The zero-order valence-electron chi connectivity index (χ0n) is 14.3. The molecule has 0 radical (unpaired) electrons. The highest BCUT2D eigenvalue weighted by Gasteiger charge is 2.26. The van der Waals surface area contributed by atoms with Crippen molar-refractivity contribution in [3.8, 4) is 11.4 Å². The summed E-state index contributed by atoms with van der Waals surface area (Å²) >= 11 is 7.31. The zero-order chi connectivity index (χ0) is 18.7. The molecule has 3 rings (SSSR count). The maximum atomic E-state index is 12.7. The molecule has 0 unspecified atom stereocenters. The molecule has 0 spiro atoms. The Kier molecular flexibility index (Phi) is 5.49. The molecule has 3 aromatic rings. The van der Waals surface area contributed by atoms with E-state index in [2.05, 4.69) is 10.2 Å². The van der Waals surface area contributed by atoms with Crippen molar-refractivity contribution in [2.24, 2.45) is 0 Å². The van der Waals surface area contributed by atoms with Gasteiger partial charge in [0.05, 0.1) is 0 Å². The highest BCUT2D eigenvalue weighted by molar-refractivity contribution is 8.00. The number of aromatic nitrogens is 3. The van der Waals surface area contributed by atoms with E-state index in [-0.39, 0.29) is 5.91 Å². The number of benzene rings is 2. The number of likely N-dealkylation sites (N-methyl/N-ethyl adjacent to an activating group) is 1. The van der Waals surface area contributed by atoms with Crippen LogP contribution in [0, 0.1) is 0 Å². The first-order valence-electron chi connectivity index (χ1n) is 7.86. The van der Waals surface area contributed by atoms with Gasteiger partial charge in [-0.05, 0) is 17.7 Å². The van der Waals surface area contributed by atoms with E-state index in [0.29, 0.717) is 16.0 Å². The van der Waals surface area contributed by atoms with Gasteiger partial charge in [0.2, 0.25) is 11.1 Å². The molecule has 0 saturated heterocycles. The van der Waals surface area contributed by atoms with Gasteiger partial charge in [0, 0.05) is 24.7 Å². The van der Waals surface area contributed by atoms with Crippen LogP contribution >= 0.6 is 23.4 Å². The topological polar surface area (TPSA) is 77.0 Å². The standard InChI is InChI=1S/C18H18ClN5OS/c1-23(2)17(25)15(12-7-4-3-5-8-12)26-18-22-21-16(24(18)20)13-9-6-10-14(19)11-13/h3-11,15H,20H2,1-2H3/t15-/m0/s1. The van der Waals surface area contributed by atoms with Crippen LogP contribution in [0.5, 0.6) is 0 Å². The third kappa shape index (κ3) is 3.84. The van der Waals surface area contributed by atoms with Crippen molar-refractivity contribution >= 4 is 29.3 Å². The molecule has 0 aliphatic rings. The monoisotopic (exact) mass is 387 g/mol. The summed E-state index contributed by atoms with van der Waals surface area (Å²) in [6.07, 6.45) is 0. The van der Waals surface area contributed by atoms with Crippen LogP contribution in [0.2, 0.25) is 5.02 Å². The zero-order valence-corrected chi connectivity index (χ0v) is 15.9. The van der Waals surface area contributed by atoms with Crippen molar-refractivity contribution in [1.82, 2.24) is 19.8 Å². The maximum Gasteiger partial charge on any atom is 0.240 e. The van der Waals surface area contributed by atoms with Gasteiger partial charge in [0.1, 0.15) is 5.25 Å². The average molecular weight is 388 g/mol. The summed E-state index contributed by atoms with van der Waals surface area (Å²) in [6, 6.07) is 16.8. The molecule has 2 aromatic carbocycles. The van der Waals surface area contributed by atoms with E-state index in [1.165, 1.54) is 16.4 Å². The fourth-order valence-electron chi connectivity index (χ4n) is 2.41. The van der Waals surface area contributed by atoms with E-state index in [1.807, 2.05) is 42.5 Å². The van der Waals surface area contributed by atoms with Crippen LogP contribution in [0.3, 0.4) is 0 Å². The minimum Gasteiger partial charge on any atom is -0.348 e. The second-order valence-corrected chi connectivity index (χ2v) is 7.34. The predicted octanol–water partition coefficient (Wildman–Crippen LogP) is 3.23. The number of nitrogens with two attached hydrogens (primary N) is 1. The largest absolute Gasteiger partial charge is 0.348 e. The SMILES string of the molecule is CN(C)C(=O)[C@@H](Sc1nnc(-c2cccc(Cl)c2)n1N)c1ccccc1. The van der Waals surface area contributed by atoms with E-state index >= 15 is 0 Å². The van der Waals surface area contributed by atoms with Crippen LogP contribution in [0.4, 0.5) is 0 Å². The second-order valence-electron chi connectivity index (χ2n) is 5.83. The van der Waals surface area contributed by atoms with E-state index < -0.39 is 5.25 Å². The van der Waals surface area contributed by atoms with Gasteiger partial charge in [-0.1, -0.05) is 65.8 Å². The van der Waals surface area contributed by atoms with Crippen molar-refractivity contribution < 1.29 is 4.79 Å². The highest BCUT2D eigenvalue weighted by atomic mass is 35.5. The summed E-state index contributed by atoms with van der Waals surface area (Å²) in [4.78, 5) is 14.2. The molecule has 0 bridgehead atoms. The Hall–Kier alpha value is -2.51. The molecule has 0 saturated carbocycles. The minimum absolute atomic E-state index is 0.0477. The summed E-state index contributed by atoms with van der Waals surface area (Å²) in [5.74, 6) is 6.63. The molecule has 1 amide bonds. The first-order chi connectivity index (χ1) is 12.5. The van der Waals surface area contributed by atoms with Gasteiger partial charge in [-0.3, -0.25) is 4.79 Å². The lowest BCUT2D eigenvalue weighted by molar-refractivity contribution is -0.128. The van der Waals surface area contributed by atoms with E-state index in [9.17, 15) is 4.79 Å². The van der Waals surface area contributed by atoms with Crippen molar-refractivity contribution in [2.75, 3.05) is 19.9 Å². The Labute approximate surface area is 160 Å². The summed E-state index contributed by atoms with van der Waals surface area (Å²) in [5.41, 5.74) is 1.64. The molecular formula is C18H18ClN5OS. The first kappa shape index (κ1) is 18.3. The third-order valence-electron chi connectivity index (χ3n) is 3.74. The van der Waals surface area contributed by atoms with Crippen LogP contribution < -0.4 is 5.84 Å². The molecule has 2 N–H and O–H groups in total. The number of nitrogen functional groups attached to an aromatic ring is 1. The summed E-state index contributed by atoms with van der Waals surface area (Å²) < 4.78 is 1.38. The van der Waals surface area contributed by atoms with E-state index in [4.69, 9.17) is 17.4 Å². The van der Waals surface area contributed by atoms with Gasteiger partial charge in [-0.15, -0.1) is 10.2 Å². The number of thioether (sulfide) groups is 1. The number of amides is 1. The molecule has 1 heterocycles. The lowest BCUT2D eigenvalue weighted by Crippen LogP contribution is -2.27. The molecule has 134 valence electrons.